The van der Waals surface area contributed by atoms with Crippen LogP contribution in [-0.4, -0.2) is 0 Å². The Morgan fingerprint density at radius 3 is 3.08 bits per heavy atom. The molecule has 1 aliphatic carbocycles. The second-order valence-corrected chi connectivity index (χ2v) is 2.75. The minimum atomic E-state index is 0.932. The zero-order valence-corrected chi connectivity index (χ0v) is 6.79. The van der Waals surface area contributed by atoms with Crippen LogP contribution in [0.1, 0.15) is 12.8 Å². The predicted molar refractivity (Wildman–Crippen MR) is 47.9 cm³/mol. The van der Waals surface area contributed by atoms with Gasteiger partial charge in [-0.2, -0.15) is 0 Å². The molecule has 0 aromatic heterocycles. The summed E-state index contributed by atoms with van der Waals surface area (Å²) in [6, 6.07) is 0. The van der Waals surface area contributed by atoms with Crippen LogP contribution in [0, 0.1) is 0 Å². The molecule has 0 atom stereocenters. The summed E-state index contributed by atoms with van der Waals surface area (Å²) in [5.41, 5.74) is 1.26. The second-order valence-electron chi connectivity index (χ2n) is 2.75. The van der Waals surface area contributed by atoms with Crippen LogP contribution in [0.15, 0.2) is 48.2 Å². The maximum absolute atomic E-state index is 5.33. The molecule has 0 spiro atoms. The Hall–Kier alpha value is -1.44. The van der Waals surface area contributed by atoms with Crippen molar-refractivity contribution in [2.24, 2.45) is 0 Å². The smallest absolute Gasteiger partial charge is 0.145 e. The third kappa shape index (κ3) is 1.42. The van der Waals surface area contributed by atoms with Gasteiger partial charge in [-0.05, 0) is 18.4 Å². The topological polar surface area (TPSA) is 21.3 Å². The highest BCUT2D eigenvalue weighted by molar-refractivity contribution is 5.33. The van der Waals surface area contributed by atoms with Crippen molar-refractivity contribution >= 4 is 0 Å². The molecule has 2 rings (SSSR count). The normalized spacial score (nSPS) is 20.7. The fourth-order valence-electron chi connectivity index (χ4n) is 1.28. The summed E-state index contributed by atoms with van der Waals surface area (Å²) in [7, 11) is 0. The first-order valence-electron chi connectivity index (χ1n) is 4.11. The average Bonchev–Trinajstić information content (AvgIpc) is 2.21. The van der Waals surface area contributed by atoms with E-state index in [2.05, 4.69) is 23.5 Å². The standard InChI is InChI=1S/C10H11NO/c1-2-4-9(5-3-1)10-8-11-6-7-12-10/h1-2,4,6-8,11H,3,5H2. The Kier molecular flexibility index (Phi) is 1.99. The van der Waals surface area contributed by atoms with E-state index in [9.17, 15) is 0 Å². The Morgan fingerprint density at radius 2 is 2.42 bits per heavy atom. The highest BCUT2D eigenvalue weighted by Crippen LogP contribution is 2.21. The molecule has 0 amide bonds. The van der Waals surface area contributed by atoms with Crippen LogP contribution in [0.2, 0.25) is 0 Å². The molecule has 0 aromatic rings. The Balaban J connectivity index is 2.13. The lowest BCUT2D eigenvalue weighted by atomic mass is 10.0. The van der Waals surface area contributed by atoms with E-state index in [1.54, 1.807) is 12.5 Å². The van der Waals surface area contributed by atoms with Crippen molar-refractivity contribution < 1.29 is 4.74 Å². The summed E-state index contributed by atoms with van der Waals surface area (Å²) in [6.45, 7) is 0. The molecule has 12 heavy (non-hydrogen) atoms. The molecule has 0 radical (unpaired) electrons. The largest absolute Gasteiger partial charge is 0.462 e. The summed E-state index contributed by atoms with van der Waals surface area (Å²) in [4.78, 5) is 0. The molecule has 2 nitrogen and oxygen atoms in total. The molecule has 2 heteroatoms. The minimum Gasteiger partial charge on any atom is -0.462 e. The first-order valence-corrected chi connectivity index (χ1v) is 4.11. The third-order valence-corrected chi connectivity index (χ3v) is 1.90. The molecule has 0 aromatic carbocycles. The zero-order valence-electron chi connectivity index (χ0n) is 6.79. The van der Waals surface area contributed by atoms with Gasteiger partial charge in [0.25, 0.3) is 0 Å². The van der Waals surface area contributed by atoms with Gasteiger partial charge in [-0.15, -0.1) is 0 Å². The first kappa shape index (κ1) is 7.22. The van der Waals surface area contributed by atoms with Crippen LogP contribution in [-0.2, 0) is 4.74 Å². The molecule has 62 valence electrons. The Morgan fingerprint density at radius 1 is 1.42 bits per heavy atom. The highest BCUT2D eigenvalue weighted by Gasteiger charge is 2.07. The van der Waals surface area contributed by atoms with E-state index in [1.165, 1.54) is 5.57 Å². The SMILES string of the molecule is C1=CCCC(C2=CNC=CO2)=C1. The predicted octanol–water partition coefficient (Wildman–Crippen LogP) is 2.20. The van der Waals surface area contributed by atoms with Crippen LogP contribution in [0.5, 0.6) is 0 Å². The molecular weight excluding hydrogens is 150 g/mol. The van der Waals surface area contributed by atoms with E-state index < -0.39 is 0 Å². The molecule has 1 aliphatic heterocycles. The van der Waals surface area contributed by atoms with Crippen molar-refractivity contribution in [1.82, 2.24) is 5.32 Å². The van der Waals surface area contributed by atoms with Gasteiger partial charge in [-0.25, -0.2) is 0 Å². The number of rotatable bonds is 1. The number of hydrogen-bond donors (Lipinski definition) is 1. The van der Waals surface area contributed by atoms with Crippen molar-refractivity contribution in [3.05, 3.63) is 48.2 Å². The lowest BCUT2D eigenvalue weighted by molar-refractivity contribution is 0.345. The number of allylic oxidation sites excluding steroid dienone is 4. The molecule has 0 saturated carbocycles. The van der Waals surface area contributed by atoms with Crippen LogP contribution in [0.3, 0.4) is 0 Å². The van der Waals surface area contributed by atoms with Crippen LogP contribution >= 0.6 is 0 Å². The average molecular weight is 161 g/mol. The van der Waals surface area contributed by atoms with E-state index in [4.69, 9.17) is 4.74 Å². The lowest BCUT2D eigenvalue weighted by Crippen LogP contribution is -2.05. The first-order chi connectivity index (χ1) is 5.97. The van der Waals surface area contributed by atoms with Gasteiger partial charge >= 0.3 is 0 Å². The van der Waals surface area contributed by atoms with Crippen molar-refractivity contribution in [3.8, 4) is 0 Å². The van der Waals surface area contributed by atoms with Crippen molar-refractivity contribution in [2.45, 2.75) is 12.8 Å². The quantitative estimate of drug-likeness (QED) is 0.636. The molecule has 2 aliphatic rings. The molecule has 1 N–H and O–H groups in total. The van der Waals surface area contributed by atoms with Gasteiger partial charge in [0.1, 0.15) is 12.0 Å². The second kappa shape index (κ2) is 3.30. The van der Waals surface area contributed by atoms with E-state index in [0.717, 1.165) is 18.6 Å². The van der Waals surface area contributed by atoms with E-state index in [1.807, 2.05) is 6.20 Å². The number of hydrogen-bond acceptors (Lipinski definition) is 2. The van der Waals surface area contributed by atoms with Crippen molar-refractivity contribution in [1.29, 1.82) is 0 Å². The minimum absolute atomic E-state index is 0.932. The summed E-state index contributed by atoms with van der Waals surface area (Å²) < 4.78 is 5.33. The summed E-state index contributed by atoms with van der Waals surface area (Å²) in [5.74, 6) is 0.932. The van der Waals surface area contributed by atoms with Crippen LogP contribution in [0.4, 0.5) is 0 Å². The maximum atomic E-state index is 5.33. The maximum Gasteiger partial charge on any atom is 0.145 e. The summed E-state index contributed by atoms with van der Waals surface area (Å²) in [6.07, 6.45) is 13.8. The lowest BCUT2D eigenvalue weighted by Gasteiger charge is -2.14. The Bertz CT molecular complexity index is 284. The highest BCUT2D eigenvalue weighted by atomic mass is 16.5. The van der Waals surface area contributed by atoms with Gasteiger partial charge in [0.05, 0.1) is 0 Å². The molecule has 0 saturated heterocycles. The van der Waals surface area contributed by atoms with Gasteiger partial charge in [0.15, 0.2) is 0 Å². The van der Waals surface area contributed by atoms with Gasteiger partial charge in [0, 0.05) is 12.4 Å². The summed E-state index contributed by atoms with van der Waals surface area (Å²) >= 11 is 0. The van der Waals surface area contributed by atoms with Gasteiger partial charge in [-0.3, -0.25) is 0 Å². The van der Waals surface area contributed by atoms with Crippen LogP contribution < -0.4 is 5.32 Å². The molecular formula is C10H11NO. The van der Waals surface area contributed by atoms with Crippen molar-refractivity contribution in [2.75, 3.05) is 0 Å². The molecule has 0 fully saturated rings. The zero-order chi connectivity index (χ0) is 8.23. The fraction of sp³-hybridized carbons (Fsp3) is 0.200. The van der Waals surface area contributed by atoms with Gasteiger partial charge in [0.2, 0.25) is 0 Å². The van der Waals surface area contributed by atoms with E-state index in [0.29, 0.717) is 0 Å². The molecule has 1 heterocycles. The monoisotopic (exact) mass is 161 g/mol. The van der Waals surface area contributed by atoms with Gasteiger partial charge in [-0.1, -0.05) is 18.2 Å². The molecule has 0 bridgehead atoms. The number of ether oxygens (including phenoxy) is 1. The summed E-state index contributed by atoms with van der Waals surface area (Å²) in [5, 5.41) is 3.00. The van der Waals surface area contributed by atoms with E-state index >= 15 is 0 Å². The third-order valence-electron chi connectivity index (χ3n) is 1.90. The molecule has 0 unspecified atom stereocenters. The fourth-order valence-corrected chi connectivity index (χ4v) is 1.28. The Labute approximate surface area is 71.9 Å². The van der Waals surface area contributed by atoms with Crippen LogP contribution in [0.25, 0.3) is 0 Å². The number of nitrogens with one attached hydrogen (secondary N) is 1. The van der Waals surface area contributed by atoms with Crippen molar-refractivity contribution in [3.63, 3.8) is 0 Å². The van der Waals surface area contributed by atoms with E-state index in [-0.39, 0.29) is 0 Å². The van der Waals surface area contributed by atoms with Gasteiger partial charge < -0.3 is 10.1 Å².